The molecule has 0 spiro atoms. The van der Waals surface area contributed by atoms with E-state index >= 15 is 0 Å². The van der Waals surface area contributed by atoms with E-state index in [0.717, 1.165) is 37.9 Å². The second kappa shape index (κ2) is 9.87. The summed E-state index contributed by atoms with van der Waals surface area (Å²) in [5.74, 6) is 2.08. The molecule has 0 aromatic heterocycles. The maximum Gasteiger partial charge on any atom is 0.133 e. The monoisotopic (exact) mass is 294 g/mol. The zero-order chi connectivity index (χ0) is 14.8. The summed E-state index contributed by atoms with van der Waals surface area (Å²) in [6.45, 7) is 4.01. The largest absolute Gasteiger partial charge is 0.483 e. The molecular formula is C17H26O2S. The molecule has 0 aliphatic heterocycles. The lowest BCUT2D eigenvalue weighted by atomic mass is 10.0. The van der Waals surface area contributed by atoms with E-state index in [-0.39, 0.29) is 0 Å². The molecule has 1 rings (SSSR count). The molecule has 0 N–H and O–H groups in total. The van der Waals surface area contributed by atoms with Crippen LogP contribution in [0.3, 0.4) is 0 Å². The highest BCUT2D eigenvalue weighted by Gasteiger charge is 2.02. The van der Waals surface area contributed by atoms with Crippen molar-refractivity contribution in [3.63, 3.8) is 0 Å². The number of rotatable bonds is 10. The van der Waals surface area contributed by atoms with Crippen molar-refractivity contribution in [1.82, 2.24) is 0 Å². The van der Waals surface area contributed by atoms with Crippen LogP contribution in [0.15, 0.2) is 18.2 Å². The van der Waals surface area contributed by atoms with Gasteiger partial charge in [-0.15, -0.1) is 11.8 Å². The Morgan fingerprint density at radius 3 is 2.75 bits per heavy atom. The van der Waals surface area contributed by atoms with E-state index < -0.39 is 0 Å². The fraction of sp³-hybridized carbons (Fsp3) is 0.588. The number of unbranched alkanes of at least 4 members (excludes halogenated alkanes) is 2. The lowest BCUT2D eigenvalue weighted by Crippen LogP contribution is -1.97. The number of carbonyl (C=O) groups excluding carboxylic acids is 1. The fourth-order valence-corrected chi connectivity index (χ4v) is 2.33. The van der Waals surface area contributed by atoms with Crippen molar-refractivity contribution < 1.29 is 9.53 Å². The first-order chi connectivity index (χ1) is 9.67. The van der Waals surface area contributed by atoms with Gasteiger partial charge in [0, 0.05) is 12.8 Å². The number of ketones is 1. The summed E-state index contributed by atoms with van der Waals surface area (Å²) in [5, 5.41) is 0. The molecule has 0 unspecified atom stereocenters. The molecule has 2 nitrogen and oxygen atoms in total. The van der Waals surface area contributed by atoms with E-state index in [1.165, 1.54) is 11.1 Å². The Hall–Kier alpha value is -0.960. The molecule has 0 fully saturated rings. The second-order valence-electron chi connectivity index (χ2n) is 5.10. The summed E-state index contributed by atoms with van der Waals surface area (Å²) in [5.41, 5.74) is 2.52. The number of hydrogen-bond donors (Lipinski definition) is 0. The number of hydrogen-bond acceptors (Lipinski definition) is 3. The Morgan fingerprint density at radius 2 is 2.05 bits per heavy atom. The van der Waals surface area contributed by atoms with E-state index in [2.05, 4.69) is 25.1 Å². The van der Waals surface area contributed by atoms with Gasteiger partial charge in [0.1, 0.15) is 17.5 Å². The molecule has 0 heterocycles. The Balaban J connectivity index is 2.34. The van der Waals surface area contributed by atoms with Crippen molar-refractivity contribution in [2.24, 2.45) is 0 Å². The zero-order valence-electron chi connectivity index (χ0n) is 12.9. The number of benzene rings is 1. The third-order valence-corrected chi connectivity index (χ3v) is 3.75. The molecule has 0 bridgehead atoms. The van der Waals surface area contributed by atoms with Crippen molar-refractivity contribution in [3.05, 3.63) is 29.3 Å². The molecule has 20 heavy (non-hydrogen) atoms. The summed E-state index contributed by atoms with van der Waals surface area (Å²) in [4.78, 5) is 11.2. The fourth-order valence-electron chi connectivity index (χ4n) is 2.08. The highest BCUT2D eigenvalue weighted by Crippen LogP contribution is 2.21. The van der Waals surface area contributed by atoms with Gasteiger partial charge in [-0.25, -0.2) is 0 Å². The van der Waals surface area contributed by atoms with Crippen molar-refractivity contribution in [3.8, 4) is 5.75 Å². The smallest absolute Gasteiger partial charge is 0.133 e. The summed E-state index contributed by atoms with van der Waals surface area (Å²) < 4.78 is 5.72. The zero-order valence-corrected chi connectivity index (χ0v) is 13.7. The van der Waals surface area contributed by atoms with E-state index in [0.29, 0.717) is 18.1 Å². The average molecular weight is 294 g/mol. The predicted octanol–water partition coefficient (Wildman–Crippen LogP) is 4.78. The third kappa shape index (κ3) is 6.47. The third-order valence-electron chi connectivity index (χ3n) is 3.40. The molecule has 0 aliphatic rings. The van der Waals surface area contributed by atoms with Crippen LogP contribution in [0, 0.1) is 6.92 Å². The molecular weight excluding hydrogens is 268 g/mol. The van der Waals surface area contributed by atoms with Crippen LogP contribution in [0.1, 0.15) is 50.2 Å². The Morgan fingerprint density at radius 1 is 1.25 bits per heavy atom. The van der Waals surface area contributed by atoms with Crippen LogP contribution < -0.4 is 4.74 Å². The normalized spacial score (nSPS) is 10.6. The number of aryl methyl sites for hydroxylation is 2. The molecule has 0 atom stereocenters. The first-order valence-corrected chi connectivity index (χ1v) is 8.79. The van der Waals surface area contributed by atoms with Crippen LogP contribution in [0.5, 0.6) is 5.75 Å². The van der Waals surface area contributed by atoms with Gasteiger partial charge >= 0.3 is 0 Å². The van der Waals surface area contributed by atoms with Crippen molar-refractivity contribution >= 4 is 17.5 Å². The minimum atomic E-state index is 0.382. The second-order valence-corrected chi connectivity index (χ2v) is 5.92. The summed E-state index contributed by atoms with van der Waals surface area (Å²) in [7, 11) is 0. The lowest BCUT2D eigenvalue weighted by Gasteiger charge is -2.10. The van der Waals surface area contributed by atoms with Crippen LogP contribution in [-0.2, 0) is 11.2 Å². The lowest BCUT2D eigenvalue weighted by molar-refractivity contribution is -0.118. The molecule has 3 heteroatoms. The van der Waals surface area contributed by atoms with Gasteiger partial charge in [-0.2, -0.15) is 0 Å². The van der Waals surface area contributed by atoms with E-state index in [1.54, 1.807) is 11.8 Å². The quantitative estimate of drug-likeness (QED) is 0.459. The Bertz CT molecular complexity index is 415. The van der Waals surface area contributed by atoms with E-state index in [4.69, 9.17) is 4.74 Å². The van der Waals surface area contributed by atoms with Gasteiger partial charge in [-0.3, -0.25) is 4.79 Å². The first-order valence-electron chi connectivity index (χ1n) is 7.40. The molecule has 112 valence electrons. The van der Waals surface area contributed by atoms with Crippen LogP contribution in [-0.4, -0.2) is 18.0 Å². The van der Waals surface area contributed by atoms with Crippen molar-refractivity contribution in [2.75, 3.05) is 12.2 Å². The highest BCUT2D eigenvalue weighted by molar-refractivity contribution is 7.98. The van der Waals surface area contributed by atoms with Crippen LogP contribution >= 0.6 is 11.8 Å². The van der Waals surface area contributed by atoms with Gasteiger partial charge < -0.3 is 4.74 Å². The number of Topliss-reactive ketones (excluding diaryl/α,β-unsaturated/α-hetero) is 1. The molecule has 1 aromatic rings. The molecule has 0 saturated carbocycles. The van der Waals surface area contributed by atoms with Crippen molar-refractivity contribution in [1.29, 1.82) is 0 Å². The predicted molar refractivity (Wildman–Crippen MR) is 87.7 cm³/mol. The van der Waals surface area contributed by atoms with Gasteiger partial charge in [0.05, 0.1) is 0 Å². The van der Waals surface area contributed by atoms with Gasteiger partial charge in [0.15, 0.2) is 0 Å². The maximum absolute atomic E-state index is 11.2. The van der Waals surface area contributed by atoms with Crippen LogP contribution in [0.25, 0.3) is 0 Å². The van der Waals surface area contributed by atoms with Crippen LogP contribution in [0.2, 0.25) is 0 Å². The number of thioether (sulfide) groups is 1. The highest BCUT2D eigenvalue weighted by atomic mass is 32.2. The molecule has 0 saturated heterocycles. The van der Waals surface area contributed by atoms with Gasteiger partial charge in [-0.1, -0.05) is 25.5 Å². The minimum absolute atomic E-state index is 0.382. The Kier molecular flexibility index (Phi) is 8.43. The standard InChI is InChI=1S/C17H26O2S/c1-4-16(18)9-7-5-6-8-15-11-10-14(2)17(12-15)19-13-20-3/h10-12H,4-9,13H2,1-3H3. The molecule has 0 amide bonds. The number of ether oxygens (including phenoxy) is 1. The van der Waals surface area contributed by atoms with Gasteiger partial charge in [0.2, 0.25) is 0 Å². The van der Waals surface area contributed by atoms with E-state index in [1.807, 2.05) is 13.2 Å². The summed E-state index contributed by atoms with van der Waals surface area (Å²) >= 11 is 1.69. The van der Waals surface area contributed by atoms with Gasteiger partial charge in [-0.05, 0) is 49.6 Å². The molecule has 0 radical (unpaired) electrons. The SMILES string of the molecule is CCC(=O)CCCCCc1ccc(C)c(OCSC)c1. The Labute approximate surface area is 127 Å². The minimum Gasteiger partial charge on any atom is -0.483 e. The summed E-state index contributed by atoms with van der Waals surface area (Å²) in [6.07, 6.45) is 7.81. The molecule has 0 aliphatic carbocycles. The van der Waals surface area contributed by atoms with Gasteiger partial charge in [0.25, 0.3) is 0 Å². The number of carbonyl (C=O) groups is 1. The van der Waals surface area contributed by atoms with E-state index in [9.17, 15) is 4.79 Å². The molecule has 1 aromatic carbocycles. The summed E-state index contributed by atoms with van der Waals surface area (Å²) in [6, 6.07) is 6.47. The topological polar surface area (TPSA) is 26.3 Å². The average Bonchev–Trinajstić information content (AvgIpc) is 2.46. The first kappa shape index (κ1) is 17.1. The van der Waals surface area contributed by atoms with Crippen molar-refractivity contribution in [2.45, 2.75) is 52.4 Å². The maximum atomic E-state index is 11.2. The van der Waals surface area contributed by atoms with Crippen LogP contribution in [0.4, 0.5) is 0 Å².